The lowest BCUT2D eigenvalue weighted by atomic mass is 9.70. The topological polar surface area (TPSA) is 20.5 Å². The molecule has 4 heterocycles. The maximum atomic E-state index is 5.17. The second-order valence-electron chi connectivity index (χ2n) is 18.7. The first-order valence-electron chi connectivity index (χ1n) is 22.8. The minimum absolute atomic E-state index is 0.396. The fraction of sp³-hybridized carbons (Fsp3) is 0.453. The van der Waals surface area contributed by atoms with Gasteiger partial charge in [0, 0.05) is 54.5 Å². The number of hydrogen-bond donors (Lipinski definition) is 0. The number of benzene rings is 1. The van der Waals surface area contributed by atoms with E-state index in [1.807, 2.05) is 11.3 Å². The molecule has 0 spiro atoms. The van der Waals surface area contributed by atoms with Gasteiger partial charge in [0.15, 0.2) is 0 Å². The van der Waals surface area contributed by atoms with Crippen LogP contribution in [0.2, 0.25) is 0 Å². The van der Waals surface area contributed by atoms with Gasteiger partial charge in [-0.2, -0.15) is 0 Å². The number of fused-ring (bicyclic) bond motifs is 8. The number of aromatic nitrogens is 1. The molecule has 57 heavy (non-hydrogen) atoms. The van der Waals surface area contributed by atoms with Crippen LogP contribution < -0.4 is 20.3 Å². The van der Waals surface area contributed by atoms with Gasteiger partial charge in [0.05, 0.1) is 18.1 Å². The standard InChI is InChI=1S/C53H57N3S/c1-2-12-34(13-3-1)37-28-38(47-17-10-11-27-54-47)30-40(29-37)56-49-19-8-5-15-42(49)45-32-36(22-25-51(45)56)35-21-24-50-44(31-35)41-14-4-7-18-48(41)55(50)39-23-26-53-46(33-39)43-16-6-9-20-52(43)57-53/h4-6,8,12,14-16,19,21,24-27,31-33,36-40,44,47,50H,1-3,7,9-11,13,17-18,20,22-23,28-30H2. The van der Waals surface area contributed by atoms with E-state index < -0.39 is 0 Å². The van der Waals surface area contributed by atoms with Crippen molar-refractivity contribution in [2.75, 3.05) is 0 Å². The SMILES string of the molecule is C1=CC2=C(CC1)N(C1C=c3c4c(sc3=CC1)CCC=C4)C1C=CC(C3C=c4c(n(C5CC(C6=CCCCC6)CC(C6CCCC=N6)C5)c5ccccc45)=CC3)=CC21. The number of thiophene rings is 1. The predicted octanol–water partition coefficient (Wildman–Crippen LogP) is 9.76. The Kier molecular flexibility index (Phi) is 8.74. The van der Waals surface area contributed by atoms with E-state index in [0.29, 0.717) is 47.8 Å². The highest BCUT2D eigenvalue weighted by Gasteiger charge is 2.42. The Hall–Kier alpha value is -4.15. The average Bonchev–Trinajstić information content (AvgIpc) is 3.94. The van der Waals surface area contributed by atoms with Crippen LogP contribution in [0.3, 0.4) is 0 Å². The average molecular weight is 768 g/mol. The second kappa shape index (κ2) is 14.3. The van der Waals surface area contributed by atoms with Crippen LogP contribution in [-0.2, 0) is 6.42 Å². The van der Waals surface area contributed by atoms with E-state index in [1.165, 1.54) is 113 Å². The van der Waals surface area contributed by atoms with Gasteiger partial charge in [-0.05, 0) is 149 Å². The van der Waals surface area contributed by atoms with E-state index in [4.69, 9.17) is 4.99 Å². The van der Waals surface area contributed by atoms with Crippen LogP contribution in [0.15, 0.2) is 94.2 Å². The van der Waals surface area contributed by atoms with Gasteiger partial charge in [-0.15, -0.1) is 11.3 Å². The molecule has 7 aliphatic carbocycles. The number of hydrogen-bond acceptors (Lipinski definition) is 3. The van der Waals surface area contributed by atoms with Crippen LogP contribution in [0.1, 0.15) is 113 Å². The van der Waals surface area contributed by atoms with Gasteiger partial charge in [0.1, 0.15) is 0 Å². The van der Waals surface area contributed by atoms with E-state index in [-0.39, 0.29) is 0 Å². The summed E-state index contributed by atoms with van der Waals surface area (Å²) in [5.41, 5.74) is 9.41. The van der Waals surface area contributed by atoms with Gasteiger partial charge >= 0.3 is 0 Å². The van der Waals surface area contributed by atoms with E-state index in [9.17, 15) is 0 Å². The summed E-state index contributed by atoms with van der Waals surface area (Å²) in [4.78, 5) is 9.60. The Morgan fingerprint density at radius 2 is 1.72 bits per heavy atom. The number of aryl methyl sites for hydroxylation is 1. The lowest BCUT2D eigenvalue weighted by Gasteiger charge is -2.41. The summed E-state index contributed by atoms with van der Waals surface area (Å²) in [7, 11) is 0. The van der Waals surface area contributed by atoms with Crippen molar-refractivity contribution in [1.82, 2.24) is 9.47 Å². The van der Waals surface area contributed by atoms with E-state index in [2.05, 4.69) is 113 Å². The molecule has 12 rings (SSSR count). The van der Waals surface area contributed by atoms with Crippen molar-refractivity contribution in [2.45, 2.75) is 127 Å². The number of nitrogens with zero attached hydrogens (tertiary/aromatic N) is 3. The molecule has 1 saturated carbocycles. The van der Waals surface area contributed by atoms with Crippen LogP contribution in [0, 0.1) is 23.7 Å². The van der Waals surface area contributed by atoms with E-state index in [1.54, 1.807) is 21.7 Å². The minimum atomic E-state index is 0.396. The van der Waals surface area contributed by atoms with Gasteiger partial charge in [-0.3, -0.25) is 4.99 Å². The lowest BCUT2D eigenvalue weighted by molar-refractivity contribution is 0.185. The summed E-state index contributed by atoms with van der Waals surface area (Å²) >= 11 is 2.04. The first kappa shape index (κ1) is 34.9. The zero-order valence-electron chi connectivity index (χ0n) is 33.5. The molecule has 1 aromatic carbocycles. The quantitative estimate of drug-likeness (QED) is 0.237. The number of aliphatic imine (C=N–C) groups is 1. The third kappa shape index (κ3) is 5.89. The van der Waals surface area contributed by atoms with Crippen molar-refractivity contribution in [3.8, 4) is 0 Å². The summed E-state index contributed by atoms with van der Waals surface area (Å²) in [6.45, 7) is 0. The van der Waals surface area contributed by atoms with Crippen molar-refractivity contribution in [3.05, 3.63) is 120 Å². The molecule has 3 nitrogen and oxygen atoms in total. The Balaban J connectivity index is 0.887. The zero-order chi connectivity index (χ0) is 37.5. The molecule has 9 aliphatic rings. The van der Waals surface area contributed by atoms with E-state index >= 15 is 0 Å². The summed E-state index contributed by atoms with van der Waals surface area (Å²) < 4.78 is 4.33. The molecule has 8 atom stereocenters. The van der Waals surface area contributed by atoms with Crippen LogP contribution in [0.25, 0.3) is 41.3 Å². The monoisotopic (exact) mass is 767 g/mol. The molecule has 0 saturated heterocycles. The molecule has 0 bridgehead atoms. The molecule has 0 N–H and O–H groups in total. The lowest BCUT2D eigenvalue weighted by Crippen LogP contribution is -2.43. The predicted molar refractivity (Wildman–Crippen MR) is 241 cm³/mol. The highest BCUT2D eigenvalue weighted by Crippen LogP contribution is 2.47. The van der Waals surface area contributed by atoms with Crippen LogP contribution >= 0.6 is 11.3 Å². The van der Waals surface area contributed by atoms with Gasteiger partial charge in [0.2, 0.25) is 0 Å². The summed E-state index contributed by atoms with van der Waals surface area (Å²) in [6, 6.07) is 11.2. The molecule has 2 aromatic heterocycles. The Morgan fingerprint density at radius 1 is 0.772 bits per heavy atom. The van der Waals surface area contributed by atoms with Crippen LogP contribution in [0.5, 0.6) is 0 Å². The summed E-state index contributed by atoms with van der Waals surface area (Å²) in [5, 5.41) is 5.91. The van der Waals surface area contributed by atoms with Crippen molar-refractivity contribution in [2.24, 2.45) is 28.7 Å². The summed E-state index contributed by atoms with van der Waals surface area (Å²) in [5.74, 6) is 2.20. The highest BCUT2D eigenvalue weighted by molar-refractivity contribution is 7.10. The number of rotatable bonds is 5. The summed E-state index contributed by atoms with van der Waals surface area (Å²) in [6.07, 6.45) is 52.8. The van der Waals surface area contributed by atoms with Gasteiger partial charge in [-0.1, -0.05) is 96.7 Å². The molecule has 8 unspecified atom stereocenters. The van der Waals surface area contributed by atoms with Crippen LogP contribution in [0.4, 0.5) is 0 Å². The normalized spacial score (nSPS) is 32.5. The zero-order valence-corrected chi connectivity index (χ0v) is 34.3. The Morgan fingerprint density at radius 3 is 2.65 bits per heavy atom. The number of para-hydroxylation sites is 1. The van der Waals surface area contributed by atoms with Gasteiger partial charge in [-0.25, -0.2) is 0 Å². The third-order valence-corrected chi connectivity index (χ3v) is 16.8. The second-order valence-corrected chi connectivity index (χ2v) is 19.8. The maximum absolute atomic E-state index is 5.17. The van der Waals surface area contributed by atoms with Crippen molar-refractivity contribution in [3.63, 3.8) is 0 Å². The molecular formula is C53H57N3S. The maximum Gasteiger partial charge on any atom is 0.0583 e. The first-order valence-corrected chi connectivity index (χ1v) is 23.7. The Labute approximate surface area is 342 Å². The van der Waals surface area contributed by atoms with Gasteiger partial charge in [0.25, 0.3) is 0 Å². The van der Waals surface area contributed by atoms with Crippen molar-refractivity contribution < 1.29 is 0 Å². The molecule has 290 valence electrons. The fourth-order valence-corrected chi connectivity index (χ4v) is 14.2. The molecule has 0 amide bonds. The third-order valence-electron chi connectivity index (χ3n) is 15.5. The fourth-order valence-electron chi connectivity index (χ4n) is 12.9. The molecular weight excluding hydrogens is 711 g/mol. The molecule has 4 heteroatoms. The molecule has 3 aromatic rings. The molecule has 1 fully saturated rings. The van der Waals surface area contributed by atoms with E-state index in [0.717, 1.165) is 32.1 Å². The van der Waals surface area contributed by atoms with Crippen LogP contribution in [-0.4, -0.2) is 33.8 Å². The number of allylic oxidation sites excluding steroid dienone is 8. The first-order chi connectivity index (χ1) is 28.2. The smallest absolute Gasteiger partial charge is 0.0583 e. The van der Waals surface area contributed by atoms with Crippen molar-refractivity contribution >= 4 is 58.8 Å². The molecule has 2 aliphatic heterocycles. The van der Waals surface area contributed by atoms with Gasteiger partial charge < -0.3 is 9.47 Å². The molecule has 0 radical (unpaired) electrons. The van der Waals surface area contributed by atoms with Crippen molar-refractivity contribution in [1.29, 1.82) is 0 Å². The largest absolute Gasteiger partial charge is 0.360 e. The minimum Gasteiger partial charge on any atom is -0.360 e. The highest BCUT2D eigenvalue weighted by atomic mass is 32.1. The Bertz CT molecular complexity index is 2610.